The van der Waals surface area contributed by atoms with Crippen LogP contribution in [0.3, 0.4) is 0 Å². The van der Waals surface area contributed by atoms with Gasteiger partial charge in [0.15, 0.2) is 0 Å². The number of para-hydroxylation sites is 2. The maximum absolute atomic E-state index is 4.05. The Bertz CT molecular complexity index is 1130. The van der Waals surface area contributed by atoms with Gasteiger partial charge in [-0.3, -0.25) is 0 Å². The summed E-state index contributed by atoms with van der Waals surface area (Å²) in [6.45, 7) is 4.05. The highest BCUT2D eigenvalue weighted by Crippen LogP contribution is 2.39. The topological polar surface area (TPSA) is 3.24 Å². The zero-order valence-electron chi connectivity index (χ0n) is 18.5. The van der Waals surface area contributed by atoms with E-state index in [1.807, 2.05) is 6.08 Å². The van der Waals surface area contributed by atoms with E-state index in [1.165, 1.54) is 47.9 Å². The standard InChI is InChI=1S/C31H29N/c1-2-24-17-18-27(23-31(24)26-11-9-10-12-26)25-19-21-30(22-20-25)32(28-13-5-3-6-14-28)29-15-7-4-8-16-29/h2-8,13-23,26H,1,9-12H2. The SMILES string of the molecule is C=Cc1ccc(-c2ccc(N(c3ccccc3)c3ccccc3)cc2)cc1C1CCCC1. The molecular weight excluding hydrogens is 386 g/mol. The Morgan fingerprint density at radius 1 is 0.625 bits per heavy atom. The summed E-state index contributed by atoms with van der Waals surface area (Å²) in [5.74, 6) is 0.675. The number of hydrogen-bond donors (Lipinski definition) is 0. The lowest BCUT2D eigenvalue weighted by atomic mass is 9.89. The molecule has 1 saturated carbocycles. The summed E-state index contributed by atoms with van der Waals surface area (Å²) in [4.78, 5) is 2.30. The van der Waals surface area contributed by atoms with Crippen molar-refractivity contribution in [3.05, 3.63) is 121 Å². The van der Waals surface area contributed by atoms with Crippen LogP contribution in [-0.4, -0.2) is 0 Å². The lowest BCUT2D eigenvalue weighted by Crippen LogP contribution is -2.09. The van der Waals surface area contributed by atoms with Crippen molar-refractivity contribution in [2.45, 2.75) is 31.6 Å². The summed E-state index contributed by atoms with van der Waals surface area (Å²) in [6, 6.07) is 36.9. The molecule has 0 saturated heterocycles. The third-order valence-corrected chi connectivity index (χ3v) is 6.59. The summed E-state index contributed by atoms with van der Waals surface area (Å²) in [7, 11) is 0. The Hall–Kier alpha value is -3.58. The van der Waals surface area contributed by atoms with Crippen LogP contribution in [0.2, 0.25) is 0 Å². The van der Waals surface area contributed by atoms with E-state index in [-0.39, 0.29) is 0 Å². The minimum absolute atomic E-state index is 0.675. The third-order valence-electron chi connectivity index (χ3n) is 6.59. The van der Waals surface area contributed by atoms with Gasteiger partial charge in [0.05, 0.1) is 0 Å². The second kappa shape index (κ2) is 9.28. The maximum atomic E-state index is 4.05. The molecule has 1 heteroatoms. The first-order valence-corrected chi connectivity index (χ1v) is 11.6. The van der Waals surface area contributed by atoms with Gasteiger partial charge >= 0.3 is 0 Å². The van der Waals surface area contributed by atoms with Gasteiger partial charge < -0.3 is 4.90 Å². The fourth-order valence-electron chi connectivity index (χ4n) is 4.93. The molecule has 0 N–H and O–H groups in total. The quantitative estimate of drug-likeness (QED) is 0.303. The molecule has 0 spiro atoms. The van der Waals surface area contributed by atoms with E-state index in [9.17, 15) is 0 Å². The number of nitrogens with zero attached hydrogens (tertiary/aromatic N) is 1. The minimum Gasteiger partial charge on any atom is -0.311 e. The van der Waals surface area contributed by atoms with Crippen LogP contribution in [0.25, 0.3) is 17.2 Å². The predicted molar refractivity (Wildman–Crippen MR) is 138 cm³/mol. The van der Waals surface area contributed by atoms with Crippen molar-refractivity contribution in [3.8, 4) is 11.1 Å². The minimum atomic E-state index is 0.675. The summed E-state index contributed by atoms with van der Waals surface area (Å²) >= 11 is 0. The van der Waals surface area contributed by atoms with Gasteiger partial charge in [0, 0.05) is 17.1 Å². The fraction of sp³-hybridized carbons (Fsp3) is 0.161. The first-order valence-electron chi connectivity index (χ1n) is 11.6. The molecule has 0 heterocycles. The first kappa shape index (κ1) is 20.3. The van der Waals surface area contributed by atoms with Gasteiger partial charge in [0.2, 0.25) is 0 Å². The number of hydrogen-bond acceptors (Lipinski definition) is 1. The Balaban J connectivity index is 1.50. The Morgan fingerprint density at radius 3 is 1.72 bits per heavy atom. The summed E-state index contributed by atoms with van der Waals surface area (Å²) in [6.07, 6.45) is 7.29. The van der Waals surface area contributed by atoms with Crippen LogP contribution in [0, 0.1) is 0 Å². The predicted octanol–water partition coefficient (Wildman–Crippen LogP) is 9.12. The summed E-state index contributed by atoms with van der Waals surface area (Å²) < 4.78 is 0. The Morgan fingerprint density at radius 2 is 1.16 bits per heavy atom. The van der Waals surface area contributed by atoms with Crippen molar-refractivity contribution in [3.63, 3.8) is 0 Å². The molecular formula is C31H29N. The average Bonchev–Trinajstić information content (AvgIpc) is 3.41. The highest BCUT2D eigenvalue weighted by Gasteiger charge is 2.20. The molecule has 0 bridgehead atoms. The molecule has 158 valence electrons. The molecule has 0 amide bonds. The van der Waals surface area contributed by atoms with Crippen molar-refractivity contribution in [2.24, 2.45) is 0 Å². The molecule has 0 aromatic heterocycles. The number of anilines is 3. The van der Waals surface area contributed by atoms with Gasteiger partial charge in [-0.1, -0.05) is 92.2 Å². The van der Waals surface area contributed by atoms with E-state index < -0.39 is 0 Å². The molecule has 0 radical (unpaired) electrons. The highest BCUT2D eigenvalue weighted by molar-refractivity contribution is 5.78. The average molecular weight is 416 g/mol. The van der Waals surface area contributed by atoms with E-state index in [4.69, 9.17) is 0 Å². The molecule has 0 atom stereocenters. The van der Waals surface area contributed by atoms with E-state index in [2.05, 4.69) is 115 Å². The normalized spacial score (nSPS) is 13.8. The lowest BCUT2D eigenvalue weighted by Gasteiger charge is -2.25. The summed E-state index contributed by atoms with van der Waals surface area (Å²) in [5, 5.41) is 0. The molecule has 1 fully saturated rings. The van der Waals surface area contributed by atoms with E-state index in [0.29, 0.717) is 5.92 Å². The van der Waals surface area contributed by atoms with E-state index in [0.717, 1.165) is 17.1 Å². The molecule has 0 aliphatic heterocycles. The molecule has 1 aliphatic carbocycles. The van der Waals surface area contributed by atoms with Crippen LogP contribution in [-0.2, 0) is 0 Å². The van der Waals surface area contributed by atoms with Crippen molar-refractivity contribution >= 4 is 23.1 Å². The molecule has 1 nitrogen and oxygen atoms in total. The second-order valence-electron chi connectivity index (χ2n) is 8.58. The van der Waals surface area contributed by atoms with Crippen LogP contribution < -0.4 is 4.90 Å². The van der Waals surface area contributed by atoms with Gasteiger partial charge in [-0.05, 0) is 77.4 Å². The fourth-order valence-corrected chi connectivity index (χ4v) is 4.93. The smallest absolute Gasteiger partial charge is 0.0462 e. The van der Waals surface area contributed by atoms with Crippen molar-refractivity contribution in [2.75, 3.05) is 4.90 Å². The van der Waals surface area contributed by atoms with Crippen LogP contribution in [0.4, 0.5) is 17.1 Å². The molecule has 4 aromatic rings. The van der Waals surface area contributed by atoms with Gasteiger partial charge in [0.25, 0.3) is 0 Å². The zero-order chi connectivity index (χ0) is 21.8. The molecule has 0 unspecified atom stereocenters. The van der Waals surface area contributed by atoms with Gasteiger partial charge in [-0.25, -0.2) is 0 Å². The summed E-state index contributed by atoms with van der Waals surface area (Å²) in [5.41, 5.74) is 8.77. The Labute approximate surface area is 191 Å². The number of rotatable bonds is 6. The Kier molecular flexibility index (Phi) is 5.89. The third kappa shape index (κ3) is 4.11. The van der Waals surface area contributed by atoms with Crippen LogP contribution in [0.15, 0.2) is 110 Å². The van der Waals surface area contributed by atoms with Crippen LogP contribution in [0.1, 0.15) is 42.7 Å². The maximum Gasteiger partial charge on any atom is 0.0462 e. The largest absolute Gasteiger partial charge is 0.311 e. The monoisotopic (exact) mass is 415 g/mol. The van der Waals surface area contributed by atoms with E-state index >= 15 is 0 Å². The molecule has 5 rings (SSSR count). The van der Waals surface area contributed by atoms with Gasteiger partial charge in [-0.15, -0.1) is 0 Å². The van der Waals surface area contributed by atoms with Gasteiger partial charge in [-0.2, -0.15) is 0 Å². The van der Waals surface area contributed by atoms with Gasteiger partial charge in [0.1, 0.15) is 0 Å². The first-order chi connectivity index (χ1) is 15.8. The number of benzene rings is 4. The molecule has 4 aromatic carbocycles. The second-order valence-corrected chi connectivity index (χ2v) is 8.58. The van der Waals surface area contributed by atoms with Crippen LogP contribution >= 0.6 is 0 Å². The molecule has 32 heavy (non-hydrogen) atoms. The highest BCUT2D eigenvalue weighted by atomic mass is 15.1. The zero-order valence-corrected chi connectivity index (χ0v) is 18.5. The molecule has 1 aliphatic rings. The lowest BCUT2D eigenvalue weighted by molar-refractivity contribution is 0.722. The van der Waals surface area contributed by atoms with Crippen molar-refractivity contribution < 1.29 is 0 Å². The van der Waals surface area contributed by atoms with E-state index in [1.54, 1.807) is 0 Å². The van der Waals surface area contributed by atoms with Crippen LogP contribution in [0.5, 0.6) is 0 Å². The van der Waals surface area contributed by atoms with Crippen molar-refractivity contribution in [1.82, 2.24) is 0 Å². The van der Waals surface area contributed by atoms with Crippen molar-refractivity contribution in [1.29, 1.82) is 0 Å².